The molecule has 0 saturated carbocycles. The predicted molar refractivity (Wildman–Crippen MR) is 153 cm³/mol. The van der Waals surface area contributed by atoms with Crippen LogP contribution in [0.1, 0.15) is 71.5 Å². The number of nitrogens with zero attached hydrogens (tertiary/aromatic N) is 1. The van der Waals surface area contributed by atoms with Crippen molar-refractivity contribution < 1.29 is 18.7 Å². The van der Waals surface area contributed by atoms with Gasteiger partial charge in [0.25, 0.3) is 5.91 Å². The number of amides is 1. The first-order chi connectivity index (χ1) is 19.0. The summed E-state index contributed by atoms with van der Waals surface area (Å²) in [6.45, 7) is 5.16. The Kier molecular flexibility index (Phi) is 8.01. The van der Waals surface area contributed by atoms with Crippen LogP contribution < -0.4 is 14.9 Å². The minimum atomic E-state index is -0.593. The van der Waals surface area contributed by atoms with E-state index >= 15 is 0 Å². The summed E-state index contributed by atoms with van der Waals surface area (Å²) in [6, 6.07) is 20.6. The molecule has 0 N–H and O–H groups in total. The van der Waals surface area contributed by atoms with Gasteiger partial charge in [-0.25, -0.2) is 0 Å². The van der Waals surface area contributed by atoms with E-state index in [1.807, 2.05) is 67.6 Å². The van der Waals surface area contributed by atoms with E-state index in [-0.39, 0.29) is 17.1 Å². The fourth-order valence-electron chi connectivity index (χ4n) is 5.29. The normalized spacial score (nSPS) is 14.6. The molecule has 6 heteroatoms. The minimum Gasteiger partial charge on any atom is -0.493 e. The van der Waals surface area contributed by atoms with E-state index in [2.05, 4.69) is 6.92 Å². The van der Waals surface area contributed by atoms with Gasteiger partial charge in [0.15, 0.2) is 16.9 Å². The van der Waals surface area contributed by atoms with Gasteiger partial charge in [-0.2, -0.15) is 0 Å². The highest BCUT2D eigenvalue weighted by Gasteiger charge is 2.42. The smallest absolute Gasteiger partial charge is 0.290 e. The van der Waals surface area contributed by atoms with Crippen LogP contribution in [-0.4, -0.2) is 31.1 Å². The number of carbonyl (C=O) groups excluding carboxylic acids is 1. The van der Waals surface area contributed by atoms with Crippen molar-refractivity contribution in [1.82, 2.24) is 4.90 Å². The van der Waals surface area contributed by atoms with Gasteiger partial charge in [0.2, 0.25) is 5.76 Å². The Bertz CT molecular complexity index is 1520. The number of hydrogen-bond acceptors (Lipinski definition) is 5. The third kappa shape index (κ3) is 5.42. The second-order valence-electron chi connectivity index (χ2n) is 10.1. The molecule has 1 aliphatic rings. The minimum absolute atomic E-state index is 0.115. The molecule has 39 heavy (non-hydrogen) atoms. The lowest BCUT2D eigenvalue weighted by Crippen LogP contribution is -2.31. The van der Waals surface area contributed by atoms with Crippen LogP contribution in [0.25, 0.3) is 11.0 Å². The second kappa shape index (κ2) is 11.8. The Labute approximate surface area is 229 Å². The number of fused-ring (bicyclic) bond motifs is 2. The number of unbranched alkanes of at least 4 members (excludes halogenated alkanes) is 3. The summed E-state index contributed by atoms with van der Waals surface area (Å²) in [5, 5.41) is 0.482. The maximum atomic E-state index is 13.9. The fourth-order valence-corrected chi connectivity index (χ4v) is 5.29. The lowest BCUT2D eigenvalue weighted by Gasteiger charge is -2.26. The number of benzene rings is 3. The van der Waals surface area contributed by atoms with Crippen molar-refractivity contribution >= 4 is 16.9 Å². The fraction of sp³-hybridized carbons (Fsp3) is 0.333. The van der Waals surface area contributed by atoms with Crippen LogP contribution in [0.4, 0.5) is 0 Å². The summed E-state index contributed by atoms with van der Waals surface area (Å²) < 4.78 is 17.8. The van der Waals surface area contributed by atoms with Gasteiger partial charge >= 0.3 is 0 Å². The Morgan fingerprint density at radius 2 is 1.74 bits per heavy atom. The van der Waals surface area contributed by atoms with Crippen molar-refractivity contribution in [2.75, 3.05) is 20.3 Å². The first kappa shape index (κ1) is 26.5. The number of ether oxygens (including phenoxy) is 2. The molecule has 2 heterocycles. The van der Waals surface area contributed by atoms with Gasteiger partial charge in [-0.15, -0.1) is 0 Å². The number of rotatable bonds is 11. The first-order valence-corrected chi connectivity index (χ1v) is 13.7. The standard InChI is InChI=1S/C33H35NO5/c1-4-5-6-10-19-38-27-16-14-24(21-28(27)37-3)30-29-31(35)25-20-22(2)13-15-26(25)39-32(29)33(36)34(30)18-17-23-11-8-7-9-12-23/h7-9,11-16,20-21,30H,4-6,10,17-19H2,1-3H3. The Hall–Kier alpha value is -4.06. The van der Waals surface area contributed by atoms with Crippen LogP contribution in [0.15, 0.2) is 75.9 Å². The lowest BCUT2D eigenvalue weighted by atomic mass is 9.97. The molecule has 0 radical (unpaired) electrons. The van der Waals surface area contributed by atoms with Crippen molar-refractivity contribution in [3.8, 4) is 11.5 Å². The second-order valence-corrected chi connectivity index (χ2v) is 10.1. The average molecular weight is 526 g/mol. The first-order valence-electron chi connectivity index (χ1n) is 13.7. The summed E-state index contributed by atoms with van der Waals surface area (Å²) in [5.41, 5.74) is 3.48. The van der Waals surface area contributed by atoms with Crippen molar-refractivity contribution in [1.29, 1.82) is 0 Å². The summed E-state index contributed by atoms with van der Waals surface area (Å²) in [6.07, 6.45) is 5.11. The van der Waals surface area contributed by atoms with Crippen LogP contribution in [0.3, 0.4) is 0 Å². The van der Waals surface area contributed by atoms with Crippen molar-refractivity contribution in [2.45, 2.75) is 52.0 Å². The van der Waals surface area contributed by atoms with Gasteiger partial charge in [-0.3, -0.25) is 9.59 Å². The van der Waals surface area contributed by atoms with Crippen LogP contribution in [0, 0.1) is 6.92 Å². The van der Waals surface area contributed by atoms with E-state index in [1.54, 1.807) is 18.1 Å². The number of hydrogen-bond donors (Lipinski definition) is 0. The molecule has 1 unspecified atom stereocenters. The molecule has 6 nitrogen and oxygen atoms in total. The molecule has 0 bridgehead atoms. The molecule has 1 aromatic heterocycles. The molecule has 3 aromatic carbocycles. The summed E-state index contributed by atoms with van der Waals surface area (Å²) in [7, 11) is 1.61. The SMILES string of the molecule is CCCCCCOc1ccc(C2c3c(oc4ccc(C)cc4c3=O)C(=O)N2CCc2ccccc2)cc1OC. The van der Waals surface area contributed by atoms with E-state index in [4.69, 9.17) is 13.9 Å². The maximum Gasteiger partial charge on any atom is 0.290 e. The molecular formula is C33H35NO5. The monoisotopic (exact) mass is 525 g/mol. The zero-order valence-corrected chi connectivity index (χ0v) is 22.9. The summed E-state index contributed by atoms with van der Waals surface area (Å²) in [4.78, 5) is 29.4. The molecule has 1 atom stereocenters. The van der Waals surface area contributed by atoms with Crippen LogP contribution in [0.2, 0.25) is 0 Å². The van der Waals surface area contributed by atoms with Gasteiger partial charge in [0, 0.05) is 6.54 Å². The van der Waals surface area contributed by atoms with E-state index in [0.29, 0.717) is 47.6 Å². The topological polar surface area (TPSA) is 69.0 Å². The predicted octanol–water partition coefficient (Wildman–Crippen LogP) is 6.86. The Morgan fingerprint density at radius 3 is 2.51 bits per heavy atom. The molecular weight excluding hydrogens is 490 g/mol. The van der Waals surface area contributed by atoms with Gasteiger partial charge in [0.1, 0.15) is 5.58 Å². The van der Waals surface area contributed by atoms with E-state index in [1.165, 1.54) is 12.8 Å². The van der Waals surface area contributed by atoms with Crippen molar-refractivity contribution in [3.05, 3.63) is 105 Å². The molecule has 1 amide bonds. The lowest BCUT2D eigenvalue weighted by molar-refractivity contribution is 0.0730. The molecule has 0 spiro atoms. The number of carbonyl (C=O) groups is 1. The molecule has 0 saturated heterocycles. The molecule has 5 rings (SSSR count). The van der Waals surface area contributed by atoms with E-state index in [9.17, 15) is 9.59 Å². The third-order valence-electron chi connectivity index (χ3n) is 7.36. The highest BCUT2D eigenvalue weighted by molar-refractivity contribution is 5.99. The zero-order chi connectivity index (χ0) is 27.4. The Morgan fingerprint density at radius 1 is 0.923 bits per heavy atom. The van der Waals surface area contributed by atoms with Gasteiger partial charge in [0.05, 0.1) is 30.7 Å². The zero-order valence-electron chi connectivity index (χ0n) is 22.9. The van der Waals surface area contributed by atoms with Crippen LogP contribution >= 0.6 is 0 Å². The molecule has 4 aromatic rings. The van der Waals surface area contributed by atoms with E-state index < -0.39 is 6.04 Å². The number of aryl methyl sites for hydroxylation is 1. The van der Waals surface area contributed by atoms with Crippen LogP contribution in [0.5, 0.6) is 11.5 Å². The van der Waals surface area contributed by atoms with Crippen molar-refractivity contribution in [2.24, 2.45) is 0 Å². The third-order valence-corrected chi connectivity index (χ3v) is 7.36. The molecule has 202 valence electrons. The van der Waals surface area contributed by atoms with Gasteiger partial charge in [-0.05, 0) is 55.2 Å². The van der Waals surface area contributed by atoms with Crippen LogP contribution in [-0.2, 0) is 6.42 Å². The van der Waals surface area contributed by atoms with E-state index in [0.717, 1.165) is 29.5 Å². The molecule has 0 fully saturated rings. The average Bonchev–Trinajstić information content (AvgIpc) is 3.24. The highest BCUT2D eigenvalue weighted by atomic mass is 16.5. The maximum absolute atomic E-state index is 13.9. The number of methoxy groups -OCH3 is 1. The quantitative estimate of drug-likeness (QED) is 0.200. The largest absolute Gasteiger partial charge is 0.493 e. The highest BCUT2D eigenvalue weighted by Crippen LogP contribution is 2.41. The van der Waals surface area contributed by atoms with Crippen molar-refractivity contribution in [3.63, 3.8) is 0 Å². The van der Waals surface area contributed by atoms with Gasteiger partial charge in [-0.1, -0.05) is 74.2 Å². The summed E-state index contributed by atoms with van der Waals surface area (Å²) in [5.74, 6) is 1.07. The molecule has 0 aliphatic carbocycles. The summed E-state index contributed by atoms with van der Waals surface area (Å²) >= 11 is 0. The Balaban J connectivity index is 1.54. The molecule has 1 aliphatic heterocycles. The van der Waals surface area contributed by atoms with Gasteiger partial charge < -0.3 is 18.8 Å².